The van der Waals surface area contributed by atoms with Gasteiger partial charge in [-0.25, -0.2) is 0 Å². The predicted octanol–water partition coefficient (Wildman–Crippen LogP) is 8.35. The van der Waals surface area contributed by atoms with Crippen molar-refractivity contribution in [2.45, 2.75) is 108 Å². The zero-order valence-corrected chi connectivity index (χ0v) is 18.4. The van der Waals surface area contributed by atoms with E-state index >= 15 is 0 Å². The van der Waals surface area contributed by atoms with E-state index in [1.54, 1.807) is 0 Å². The SMILES string of the molecule is C.CC(C)C1(C#N)CC1.CC(C)C1CCC1C.CC(C)C1CCCC1C. The van der Waals surface area contributed by atoms with Crippen molar-refractivity contribution in [1.29, 1.82) is 5.26 Å². The second-order valence-electron chi connectivity index (χ2n) is 10.2. The van der Waals surface area contributed by atoms with Crippen LogP contribution in [0.25, 0.3) is 0 Å². The minimum atomic E-state index is 0. The Hall–Kier alpha value is -0.510. The summed E-state index contributed by atoms with van der Waals surface area (Å²) in [5.74, 6) is 6.52. The summed E-state index contributed by atoms with van der Waals surface area (Å²) in [6, 6.07) is 2.35. The lowest BCUT2D eigenvalue weighted by Gasteiger charge is -2.36. The van der Waals surface area contributed by atoms with Crippen LogP contribution in [-0.2, 0) is 0 Å². The first kappa shape index (κ1) is 25.5. The molecule has 3 aliphatic carbocycles. The molecule has 154 valence electrons. The second-order valence-corrected chi connectivity index (χ2v) is 10.2. The zero-order chi connectivity index (χ0) is 19.2. The van der Waals surface area contributed by atoms with Crippen molar-refractivity contribution in [2.24, 2.45) is 46.8 Å². The largest absolute Gasteiger partial charge is 0.198 e. The summed E-state index contributed by atoms with van der Waals surface area (Å²) in [4.78, 5) is 0. The fourth-order valence-corrected chi connectivity index (χ4v) is 4.80. The van der Waals surface area contributed by atoms with Crippen LogP contribution in [0, 0.1) is 58.2 Å². The lowest BCUT2D eigenvalue weighted by Crippen LogP contribution is -2.27. The van der Waals surface area contributed by atoms with Crippen LogP contribution in [0.5, 0.6) is 0 Å². The van der Waals surface area contributed by atoms with Crippen molar-refractivity contribution >= 4 is 0 Å². The lowest BCUT2D eigenvalue weighted by molar-refractivity contribution is 0.139. The number of hydrogen-bond acceptors (Lipinski definition) is 1. The molecule has 0 amide bonds. The minimum Gasteiger partial charge on any atom is -0.198 e. The highest BCUT2D eigenvalue weighted by atomic mass is 14.5. The van der Waals surface area contributed by atoms with Crippen LogP contribution in [0.1, 0.15) is 108 Å². The van der Waals surface area contributed by atoms with E-state index in [9.17, 15) is 0 Å². The molecule has 0 heterocycles. The fourth-order valence-electron chi connectivity index (χ4n) is 4.80. The van der Waals surface area contributed by atoms with E-state index < -0.39 is 0 Å². The number of nitriles is 1. The molecule has 26 heavy (non-hydrogen) atoms. The number of rotatable bonds is 3. The summed E-state index contributed by atoms with van der Waals surface area (Å²) in [6.45, 7) is 18.4. The minimum absolute atomic E-state index is 0. The Balaban J connectivity index is 0.000000355. The van der Waals surface area contributed by atoms with Crippen LogP contribution in [0.4, 0.5) is 0 Å². The van der Waals surface area contributed by atoms with E-state index in [1.165, 1.54) is 32.1 Å². The summed E-state index contributed by atoms with van der Waals surface area (Å²) in [5, 5.41) is 8.58. The zero-order valence-electron chi connectivity index (χ0n) is 18.4. The highest BCUT2D eigenvalue weighted by molar-refractivity contribution is 5.11. The van der Waals surface area contributed by atoms with E-state index in [-0.39, 0.29) is 12.8 Å². The van der Waals surface area contributed by atoms with Gasteiger partial charge in [-0.15, -0.1) is 0 Å². The Bertz CT molecular complexity index is 406. The molecule has 1 heteroatoms. The van der Waals surface area contributed by atoms with Gasteiger partial charge in [0.15, 0.2) is 0 Å². The molecular weight excluding hydrogens is 314 g/mol. The van der Waals surface area contributed by atoms with Crippen LogP contribution < -0.4 is 0 Å². The Morgan fingerprint density at radius 3 is 1.31 bits per heavy atom. The Labute approximate surface area is 166 Å². The highest BCUT2D eigenvalue weighted by Crippen LogP contribution is 2.50. The van der Waals surface area contributed by atoms with Gasteiger partial charge in [0, 0.05) is 0 Å². The molecule has 1 nitrogen and oxygen atoms in total. The Morgan fingerprint density at radius 2 is 1.23 bits per heavy atom. The molecule has 0 N–H and O–H groups in total. The maximum absolute atomic E-state index is 8.58. The van der Waals surface area contributed by atoms with Crippen molar-refractivity contribution in [3.8, 4) is 6.07 Å². The standard InChI is InChI=1S/C9H18.C8H16.C7H11N.CH4/c1-7(2)9-6-4-5-8(9)3;1-6(2)8-5-4-7(8)3;1-6(2)7(5-8)3-4-7;/h7-9H,4-6H2,1-3H3;6-8H,4-5H2,1-3H3;6H,3-4H2,1-2H3;1H4. The van der Waals surface area contributed by atoms with E-state index in [0.29, 0.717) is 5.92 Å². The molecule has 0 aliphatic heterocycles. The number of nitrogens with zero attached hydrogens (tertiary/aromatic N) is 1. The van der Waals surface area contributed by atoms with Crippen molar-refractivity contribution in [1.82, 2.24) is 0 Å². The van der Waals surface area contributed by atoms with Gasteiger partial charge in [0.25, 0.3) is 0 Å². The molecule has 3 saturated carbocycles. The monoisotopic (exact) mass is 363 g/mol. The van der Waals surface area contributed by atoms with Crippen molar-refractivity contribution in [2.75, 3.05) is 0 Å². The average molecular weight is 364 g/mol. The quantitative estimate of drug-likeness (QED) is 0.494. The molecule has 4 unspecified atom stereocenters. The molecule has 0 saturated heterocycles. The van der Waals surface area contributed by atoms with Gasteiger partial charge < -0.3 is 0 Å². The summed E-state index contributed by atoms with van der Waals surface area (Å²) in [7, 11) is 0. The average Bonchev–Trinajstić information content (AvgIpc) is 3.21. The molecule has 4 atom stereocenters. The smallest absolute Gasteiger partial charge is 0.0692 e. The summed E-state index contributed by atoms with van der Waals surface area (Å²) in [5.41, 5.74) is 0.0972. The van der Waals surface area contributed by atoms with Gasteiger partial charge in [0.05, 0.1) is 11.5 Å². The highest BCUT2D eigenvalue weighted by Gasteiger charge is 2.45. The topological polar surface area (TPSA) is 23.8 Å². The van der Waals surface area contributed by atoms with Crippen molar-refractivity contribution in [3.05, 3.63) is 0 Å². The van der Waals surface area contributed by atoms with Gasteiger partial charge in [-0.1, -0.05) is 82.1 Å². The molecule has 0 bridgehead atoms. The Kier molecular flexibility index (Phi) is 11.1. The van der Waals surface area contributed by atoms with Crippen LogP contribution >= 0.6 is 0 Å². The molecule has 0 aromatic rings. The first-order valence-electron chi connectivity index (χ1n) is 11.1. The Morgan fingerprint density at radius 1 is 0.769 bits per heavy atom. The molecule has 3 aliphatic rings. The molecule has 0 spiro atoms. The third-order valence-corrected chi connectivity index (χ3v) is 7.44. The maximum atomic E-state index is 8.58. The fraction of sp³-hybridized carbons (Fsp3) is 0.960. The molecule has 0 radical (unpaired) electrons. The molecule has 3 fully saturated rings. The van der Waals surface area contributed by atoms with Gasteiger partial charge in [0.2, 0.25) is 0 Å². The van der Waals surface area contributed by atoms with Crippen LogP contribution in [0.15, 0.2) is 0 Å². The molecule has 0 aromatic carbocycles. The van der Waals surface area contributed by atoms with Crippen LogP contribution in [0.3, 0.4) is 0 Å². The van der Waals surface area contributed by atoms with E-state index in [2.05, 4.69) is 61.5 Å². The van der Waals surface area contributed by atoms with E-state index in [1.807, 2.05) is 0 Å². The molecule has 3 rings (SSSR count). The molecule has 0 aromatic heterocycles. The third-order valence-electron chi connectivity index (χ3n) is 7.44. The van der Waals surface area contributed by atoms with E-state index in [0.717, 1.165) is 48.3 Å². The molecular formula is C25H49N. The third kappa shape index (κ3) is 7.25. The normalized spacial score (nSPS) is 31.0. The summed E-state index contributed by atoms with van der Waals surface area (Å²) < 4.78 is 0. The lowest BCUT2D eigenvalue weighted by atomic mass is 9.69. The van der Waals surface area contributed by atoms with Gasteiger partial charge in [-0.2, -0.15) is 5.26 Å². The van der Waals surface area contributed by atoms with Gasteiger partial charge in [-0.05, 0) is 67.1 Å². The second kappa shape index (κ2) is 11.4. The summed E-state index contributed by atoms with van der Waals surface area (Å²) in [6.07, 6.45) is 9.65. The van der Waals surface area contributed by atoms with Crippen LogP contribution in [-0.4, -0.2) is 0 Å². The first-order chi connectivity index (χ1) is 11.6. The maximum Gasteiger partial charge on any atom is 0.0692 e. The number of hydrogen-bond donors (Lipinski definition) is 0. The van der Waals surface area contributed by atoms with Gasteiger partial charge in [-0.3, -0.25) is 0 Å². The predicted molar refractivity (Wildman–Crippen MR) is 117 cm³/mol. The van der Waals surface area contributed by atoms with Crippen LogP contribution in [0.2, 0.25) is 0 Å². The van der Waals surface area contributed by atoms with Crippen molar-refractivity contribution < 1.29 is 0 Å². The summed E-state index contributed by atoms with van der Waals surface area (Å²) >= 11 is 0. The first-order valence-corrected chi connectivity index (χ1v) is 11.1. The van der Waals surface area contributed by atoms with Gasteiger partial charge >= 0.3 is 0 Å². The van der Waals surface area contributed by atoms with Crippen molar-refractivity contribution in [3.63, 3.8) is 0 Å². The van der Waals surface area contributed by atoms with Gasteiger partial charge in [0.1, 0.15) is 0 Å². The van der Waals surface area contributed by atoms with E-state index in [4.69, 9.17) is 5.26 Å².